The summed E-state index contributed by atoms with van der Waals surface area (Å²) < 4.78 is 55.3. The third kappa shape index (κ3) is 4.46. The van der Waals surface area contributed by atoms with Gasteiger partial charge in [-0.1, -0.05) is 32.0 Å². The molecule has 1 aromatic carbocycles. The number of anilines is 1. The van der Waals surface area contributed by atoms with Crippen molar-refractivity contribution in [2.45, 2.75) is 46.8 Å². The second-order valence-corrected chi connectivity index (χ2v) is 7.82. The number of aromatic nitrogens is 3. The number of halogens is 5. The molecule has 0 saturated carbocycles. The Bertz CT molecular complexity index is 1070. The monoisotopic (exact) mass is 498 g/mol. The summed E-state index contributed by atoms with van der Waals surface area (Å²) in [5.74, 6) is -1.07. The van der Waals surface area contributed by atoms with Crippen LogP contribution >= 0.6 is 15.9 Å². The molecule has 3 aromatic rings. The topological polar surface area (TPSA) is 34.0 Å². The summed E-state index contributed by atoms with van der Waals surface area (Å²) in [6, 6.07) is 6.48. The summed E-state index contributed by atoms with van der Waals surface area (Å²) in [6.45, 7) is 8.72. The van der Waals surface area contributed by atoms with Gasteiger partial charge in [-0.15, -0.1) is 0 Å². The zero-order chi connectivity index (χ0) is 22.9. The molecule has 31 heavy (non-hydrogen) atoms. The molecule has 166 valence electrons. The van der Waals surface area contributed by atoms with Crippen LogP contribution in [0, 0.1) is 19.7 Å². The van der Waals surface area contributed by atoms with Crippen molar-refractivity contribution >= 4 is 21.7 Å². The molecule has 9 heteroatoms. The normalized spacial score (nSPS) is 13.5. The lowest BCUT2D eigenvalue weighted by Gasteiger charge is -2.28. The molecule has 4 nitrogen and oxygen atoms in total. The van der Waals surface area contributed by atoms with E-state index in [4.69, 9.17) is 5.10 Å². The lowest BCUT2D eigenvalue weighted by atomic mass is 10.1. The summed E-state index contributed by atoms with van der Waals surface area (Å²) in [5, 5.41) is 4.72. The van der Waals surface area contributed by atoms with E-state index in [0.29, 0.717) is 31.8 Å². The maximum absolute atomic E-state index is 14.4. The van der Waals surface area contributed by atoms with Gasteiger partial charge in [0.2, 0.25) is 0 Å². The first-order valence-electron chi connectivity index (χ1n) is 9.97. The number of pyridine rings is 1. The molecule has 0 amide bonds. The molecule has 0 fully saturated rings. The molecule has 4 rings (SSSR count). The summed E-state index contributed by atoms with van der Waals surface area (Å²) in [6.07, 6.45) is -3.42. The lowest BCUT2D eigenvalue weighted by molar-refractivity contribution is -0.138. The maximum Gasteiger partial charge on any atom is 0.417 e. The van der Waals surface area contributed by atoms with Gasteiger partial charge in [0.15, 0.2) is 11.6 Å². The first kappa shape index (κ1) is 23.2. The van der Waals surface area contributed by atoms with Gasteiger partial charge in [-0.2, -0.15) is 18.3 Å². The molecule has 0 saturated heterocycles. The summed E-state index contributed by atoms with van der Waals surface area (Å²) in [7, 11) is 0. The van der Waals surface area contributed by atoms with Gasteiger partial charge in [-0.3, -0.25) is 0 Å². The molecule has 0 N–H and O–H groups in total. The van der Waals surface area contributed by atoms with Crippen LogP contribution in [0.25, 0.3) is 5.69 Å². The minimum absolute atomic E-state index is 0.0876. The van der Waals surface area contributed by atoms with Crippen LogP contribution in [0.1, 0.15) is 41.8 Å². The number of hydrogen-bond donors (Lipinski definition) is 0. The zero-order valence-corrected chi connectivity index (χ0v) is 19.3. The van der Waals surface area contributed by atoms with Crippen molar-refractivity contribution in [2.75, 3.05) is 11.4 Å². The number of alkyl halides is 3. The van der Waals surface area contributed by atoms with Gasteiger partial charge < -0.3 is 4.90 Å². The first-order chi connectivity index (χ1) is 14.7. The SMILES string of the molecule is CC.Cc1cccc(C)c1-n1nc2c(c1Br)CN(c1ncc(C(F)(F)F)cc1F)CC2. The van der Waals surface area contributed by atoms with Crippen LogP contribution in [0.2, 0.25) is 0 Å². The predicted octanol–water partition coefficient (Wildman–Crippen LogP) is 6.39. The highest BCUT2D eigenvalue weighted by Gasteiger charge is 2.33. The van der Waals surface area contributed by atoms with Crippen LogP contribution in [0.15, 0.2) is 35.1 Å². The molecular weight excluding hydrogens is 476 g/mol. The summed E-state index contributed by atoms with van der Waals surface area (Å²) in [4.78, 5) is 5.39. The molecule has 0 atom stereocenters. The number of aryl methyl sites for hydroxylation is 2. The van der Waals surface area contributed by atoms with Crippen LogP contribution in [0.3, 0.4) is 0 Å². The largest absolute Gasteiger partial charge is 0.417 e. The third-order valence-corrected chi connectivity index (χ3v) is 5.89. The standard InChI is InChI=1S/C20H17BrF4N4.C2H6/c1-11-4-3-5-12(2)17(11)29-18(21)14-10-28(7-6-16(14)27-29)19-15(22)8-13(9-26-19)20(23,24)25;1-2/h3-5,8-9H,6-7,10H2,1-2H3;1-2H3. The van der Waals surface area contributed by atoms with E-state index >= 15 is 0 Å². The van der Waals surface area contributed by atoms with Gasteiger partial charge in [0, 0.05) is 31.3 Å². The van der Waals surface area contributed by atoms with Gasteiger partial charge in [0.25, 0.3) is 0 Å². The van der Waals surface area contributed by atoms with Gasteiger partial charge in [0.1, 0.15) is 4.60 Å². The van der Waals surface area contributed by atoms with Crippen molar-refractivity contribution in [3.8, 4) is 5.69 Å². The van der Waals surface area contributed by atoms with Crippen LogP contribution in [0.5, 0.6) is 0 Å². The van der Waals surface area contributed by atoms with E-state index in [-0.39, 0.29) is 5.82 Å². The molecule has 0 spiro atoms. The van der Waals surface area contributed by atoms with Crippen molar-refractivity contribution in [1.29, 1.82) is 0 Å². The Labute approximate surface area is 187 Å². The van der Waals surface area contributed by atoms with Crippen molar-refractivity contribution in [3.05, 3.63) is 68.8 Å². The molecule has 0 aliphatic carbocycles. The minimum atomic E-state index is -4.63. The lowest BCUT2D eigenvalue weighted by Crippen LogP contribution is -2.31. The van der Waals surface area contributed by atoms with Gasteiger partial charge >= 0.3 is 6.18 Å². The highest BCUT2D eigenvalue weighted by Crippen LogP contribution is 2.35. The number of rotatable bonds is 2. The second kappa shape index (κ2) is 8.98. The van der Waals surface area contributed by atoms with Gasteiger partial charge in [-0.05, 0) is 47.0 Å². The predicted molar refractivity (Wildman–Crippen MR) is 116 cm³/mol. The van der Waals surface area contributed by atoms with Crippen LogP contribution in [0.4, 0.5) is 23.4 Å². The smallest absolute Gasteiger partial charge is 0.349 e. The second-order valence-electron chi connectivity index (χ2n) is 7.07. The highest BCUT2D eigenvalue weighted by molar-refractivity contribution is 9.10. The van der Waals surface area contributed by atoms with E-state index in [2.05, 4.69) is 20.9 Å². The Morgan fingerprint density at radius 3 is 2.32 bits per heavy atom. The van der Waals surface area contributed by atoms with Crippen molar-refractivity contribution in [3.63, 3.8) is 0 Å². The molecule has 2 aromatic heterocycles. The van der Waals surface area contributed by atoms with Crippen LogP contribution in [-0.2, 0) is 19.1 Å². The fourth-order valence-corrected chi connectivity index (χ4v) is 4.24. The van der Waals surface area contributed by atoms with E-state index in [9.17, 15) is 17.6 Å². The van der Waals surface area contributed by atoms with Gasteiger partial charge in [-0.25, -0.2) is 14.1 Å². The highest BCUT2D eigenvalue weighted by atomic mass is 79.9. The Hall–Kier alpha value is -2.42. The molecule has 3 heterocycles. The molecule has 0 radical (unpaired) electrons. The first-order valence-corrected chi connectivity index (χ1v) is 10.8. The van der Waals surface area contributed by atoms with Crippen molar-refractivity contribution in [2.24, 2.45) is 0 Å². The molecule has 0 bridgehead atoms. The fraction of sp³-hybridized carbons (Fsp3) is 0.364. The Morgan fingerprint density at radius 1 is 1.10 bits per heavy atom. The Balaban J connectivity index is 0.00000132. The van der Waals surface area contributed by atoms with E-state index in [1.165, 1.54) is 0 Å². The molecule has 1 aliphatic rings. The number of para-hydroxylation sites is 1. The third-order valence-electron chi connectivity index (χ3n) is 5.07. The summed E-state index contributed by atoms with van der Waals surface area (Å²) >= 11 is 3.61. The van der Waals surface area contributed by atoms with E-state index in [0.717, 1.165) is 32.7 Å². The van der Waals surface area contributed by atoms with Crippen molar-refractivity contribution in [1.82, 2.24) is 14.8 Å². The van der Waals surface area contributed by atoms with Crippen molar-refractivity contribution < 1.29 is 17.6 Å². The van der Waals surface area contributed by atoms with E-state index in [1.54, 1.807) is 4.90 Å². The average Bonchev–Trinajstić information content (AvgIpc) is 3.04. The van der Waals surface area contributed by atoms with Crippen LogP contribution < -0.4 is 4.90 Å². The zero-order valence-electron chi connectivity index (χ0n) is 17.7. The number of fused-ring (bicyclic) bond motifs is 1. The molecular formula is C22H23BrF4N4. The number of benzene rings is 1. The maximum atomic E-state index is 14.4. The number of nitrogens with zero attached hydrogens (tertiary/aromatic N) is 4. The quantitative estimate of drug-likeness (QED) is 0.383. The summed E-state index contributed by atoms with van der Waals surface area (Å²) in [5.41, 5.74) is 3.76. The van der Waals surface area contributed by atoms with Gasteiger partial charge in [0.05, 0.1) is 16.9 Å². The van der Waals surface area contributed by atoms with E-state index in [1.807, 2.05) is 50.6 Å². The molecule has 1 aliphatic heterocycles. The Morgan fingerprint density at radius 2 is 1.74 bits per heavy atom. The average molecular weight is 499 g/mol. The number of hydrogen-bond acceptors (Lipinski definition) is 3. The van der Waals surface area contributed by atoms with E-state index < -0.39 is 17.6 Å². The Kier molecular flexibility index (Phi) is 6.73. The van der Waals surface area contributed by atoms with Crippen LogP contribution in [-0.4, -0.2) is 21.3 Å². The molecule has 0 unspecified atom stereocenters. The minimum Gasteiger partial charge on any atom is -0.349 e. The fourth-order valence-electron chi connectivity index (χ4n) is 3.63.